The molecule has 2 heterocycles. The maximum Gasteiger partial charge on any atom is 0.251 e. The van der Waals surface area contributed by atoms with Gasteiger partial charge < -0.3 is 25.2 Å². The number of aromatic nitrogens is 3. The number of hydrogen-bond donors (Lipinski definition) is 3. The molecule has 9 heteroatoms. The lowest BCUT2D eigenvalue weighted by atomic mass is 10.1. The van der Waals surface area contributed by atoms with E-state index in [4.69, 9.17) is 19.6 Å². The molecule has 0 saturated heterocycles. The van der Waals surface area contributed by atoms with E-state index in [2.05, 4.69) is 15.6 Å². The summed E-state index contributed by atoms with van der Waals surface area (Å²) in [5, 5.41) is 14.9. The number of rotatable bonds is 9. The summed E-state index contributed by atoms with van der Waals surface area (Å²) in [6.07, 6.45) is 4.06. The van der Waals surface area contributed by atoms with E-state index in [1.54, 1.807) is 32.5 Å². The lowest BCUT2D eigenvalue weighted by Crippen LogP contribution is -2.24. The zero-order chi connectivity index (χ0) is 23.2. The van der Waals surface area contributed by atoms with Crippen LogP contribution in [0.5, 0.6) is 11.5 Å². The number of carbonyl (C=O) groups excluding carboxylic acids is 1. The highest BCUT2D eigenvalue weighted by Crippen LogP contribution is 2.32. The molecule has 9 nitrogen and oxygen atoms in total. The summed E-state index contributed by atoms with van der Waals surface area (Å²) in [6, 6.07) is 14.6. The molecule has 0 radical (unpaired) electrons. The van der Waals surface area contributed by atoms with Crippen molar-refractivity contribution < 1.29 is 19.4 Å². The van der Waals surface area contributed by atoms with Crippen molar-refractivity contribution in [3.05, 3.63) is 66.5 Å². The average molecular weight is 447 g/mol. The van der Waals surface area contributed by atoms with Crippen LogP contribution in [0.1, 0.15) is 16.8 Å². The third-order valence-electron chi connectivity index (χ3n) is 5.09. The second kappa shape index (κ2) is 10.0. The predicted octanol–water partition coefficient (Wildman–Crippen LogP) is 3.27. The van der Waals surface area contributed by atoms with Crippen LogP contribution in [0.15, 0.2) is 60.9 Å². The van der Waals surface area contributed by atoms with Gasteiger partial charge in [-0.05, 0) is 48.9 Å². The third-order valence-corrected chi connectivity index (χ3v) is 5.09. The van der Waals surface area contributed by atoms with Crippen molar-refractivity contribution >= 4 is 23.2 Å². The van der Waals surface area contributed by atoms with E-state index in [9.17, 15) is 4.79 Å². The summed E-state index contributed by atoms with van der Waals surface area (Å²) in [7, 11) is 3.19. The monoisotopic (exact) mass is 447 g/mol. The molecule has 0 saturated carbocycles. The number of amides is 1. The molecule has 1 amide bonds. The minimum atomic E-state index is -0.180. The molecule has 0 atom stereocenters. The number of nitrogens with zero attached hydrogens (tertiary/aromatic N) is 3. The highest BCUT2D eigenvalue weighted by molar-refractivity contribution is 5.94. The first-order valence-electron chi connectivity index (χ1n) is 10.5. The Labute approximate surface area is 191 Å². The Kier molecular flexibility index (Phi) is 6.70. The molecule has 0 spiro atoms. The quantitative estimate of drug-likeness (QED) is 0.338. The van der Waals surface area contributed by atoms with Crippen LogP contribution in [0.25, 0.3) is 16.9 Å². The number of nitrogens with one attached hydrogen (secondary N) is 2. The molecule has 4 rings (SSSR count). The molecular formula is C24H25N5O4. The summed E-state index contributed by atoms with van der Waals surface area (Å²) >= 11 is 0. The second-order valence-electron chi connectivity index (χ2n) is 7.23. The average Bonchev–Trinajstić information content (AvgIpc) is 3.33. The van der Waals surface area contributed by atoms with Gasteiger partial charge in [0.05, 0.1) is 19.9 Å². The highest BCUT2D eigenvalue weighted by Gasteiger charge is 2.12. The van der Waals surface area contributed by atoms with Gasteiger partial charge in [0, 0.05) is 48.4 Å². The maximum absolute atomic E-state index is 12.2. The largest absolute Gasteiger partial charge is 0.493 e. The summed E-state index contributed by atoms with van der Waals surface area (Å²) in [6.45, 7) is 0.474. The van der Waals surface area contributed by atoms with Gasteiger partial charge >= 0.3 is 0 Å². The SMILES string of the molecule is COc1ccc(-c2cc3nccn3c(Nc3ccc(C(=O)NCCCO)cc3)n2)cc1OC. The van der Waals surface area contributed by atoms with Crippen LogP contribution >= 0.6 is 0 Å². The van der Waals surface area contributed by atoms with E-state index in [0.717, 1.165) is 22.6 Å². The first-order chi connectivity index (χ1) is 16.1. The molecule has 170 valence electrons. The van der Waals surface area contributed by atoms with Gasteiger partial charge in [-0.25, -0.2) is 9.97 Å². The second-order valence-corrected chi connectivity index (χ2v) is 7.23. The molecule has 33 heavy (non-hydrogen) atoms. The summed E-state index contributed by atoms with van der Waals surface area (Å²) < 4.78 is 12.6. The zero-order valence-electron chi connectivity index (χ0n) is 18.4. The fourth-order valence-corrected chi connectivity index (χ4v) is 3.37. The van der Waals surface area contributed by atoms with Gasteiger partial charge in [-0.15, -0.1) is 0 Å². The molecule has 2 aromatic heterocycles. The number of methoxy groups -OCH3 is 2. The van der Waals surface area contributed by atoms with Crippen LogP contribution < -0.4 is 20.1 Å². The van der Waals surface area contributed by atoms with Gasteiger partial charge in [-0.3, -0.25) is 9.20 Å². The smallest absolute Gasteiger partial charge is 0.251 e. The number of anilines is 2. The van der Waals surface area contributed by atoms with Crippen LogP contribution in [-0.2, 0) is 0 Å². The number of benzene rings is 2. The van der Waals surface area contributed by atoms with Crippen LogP contribution in [0.3, 0.4) is 0 Å². The van der Waals surface area contributed by atoms with E-state index in [0.29, 0.717) is 36.0 Å². The maximum atomic E-state index is 12.2. The number of carbonyl (C=O) groups is 1. The molecular weight excluding hydrogens is 422 g/mol. The predicted molar refractivity (Wildman–Crippen MR) is 125 cm³/mol. The molecule has 2 aromatic carbocycles. The van der Waals surface area contributed by atoms with Crippen molar-refractivity contribution in [2.45, 2.75) is 6.42 Å². The Morgan fingerprint density at radius 3 is 2.58 bits per heavy atom. The van der Waals surface area contributed by atoms with E-state index in [-0.39, 0.29) is 12.5 Å². The fourth-order valence-electron chi connectivity index (χ4n) is 3.37. The van der Waals surface area contributed by atoms with E-state index < -0.39 is 0 Å². The first-order valence-corrected chi connectivity index (χ1v) is 10.5. The zero-order valence-corrected chi connectivity index (χ0v) is 18.4. The number of ether oxygens (including phenoxy) is 2. The number of hydrogen-bond acceptors (Lipinski definition) is 7. The Morgan fingerprint density at radius 1 is 1.06 bits per heavy atom. The summed E-state index contributed by atoms with van der Waals surface area (Å²) in [4.78, 5) is 21.4. The Morgan fingerprint density at radius 2 is 1.85 bits per heavy atom. The molecule has 0 aliphatic rings. The van der Waals surface area contributed by atoms with Crippen molar-refractivity contribution in [2.75, 3.05) is 32.7 Å². The van der Waals surface area contributed by atoms with Gasteiger partial charge in [0.25, 0.3) is 5.91 Å². The highest BCUT2D eigenvalue weighted by atomic mass is 16.5. The van der Waals surface area contributed by atoms with Gasteiger partial charge in [-0.2, -0.15) is 0 Å². The van der Waals surface area contributed by atoms with Crippen LogP contribution in [0, 0.1) is 0 Å². The third kappa shape index (κ3) is 4.88. The van der Waals surface area contributed by atoms with E-state index >= 15 is 0 Å². The van der Waals surface area contributed by atoms with Crippen LogP contribution in [-0.4, -0.2) is 52.8 Å². The lowest BCUT2D eigenvalue weighted by molar-refractivity contribution is 0.0951. The Bertz CT molecular complexity index is 1250. The van der Waals surface area contributed by atoms with Crippen molar-refractivity contribution in [2.24, 2.45) is 0 Å². The number of aliphatic hydroxyl groups is 1. The topological polar surface area (TPSA) is 110 Å². The van der Waals surface area contributed by atoms with Crippen molar-refractivity contribution in [1.29, 1.82) is 0 Å². The molecule has 0 aliphatic heterocycles. The van der Waals surface area contributed by atoms with E-state index in [1.165, 1.54) is 0 Å². The number of imidazole rings is 1. The molecule has 0 aliphatic carbocycles. The standard InChI is InChI=1S/C24H25N5O4/c1-32-20-9-6-17(14-21(20)33-2)19-15-22-25-11-12-29(22)24(28-19)27-18-7-4-16(5-8-18)23(31)26-10-3-13-30/h4-9,11-12,14-15,30H,3,10,13H2,1-2H3,(H,26,31)(H,27,28). The van der Waals surface area contributed by atoms with Crippen LogP contribution in [0.4, 0.5) is 11.6 Å². The summed E-state index contributed by atoms with van der Waals surface area (Å²) in [5.74, 6) is 1.65. The minimum Gasteiger partial charge on any atom is -0.493 e. The lowest BCUT2D eigenvalue weighted by Gasteiger charge is -2.13. The normalized spacial score (nSPS) is 10.8. The molecule has 4 aromatic rings. The Balaban J connectivity index is 1.61. The molecule has 0 unspecified atom stereocenters. The van der Waals surface area contributed by atoms with Crippen molar-refractivity contribution in [3.8, 4) is 22.8 Å². The Hall–Kier alpha value is -4.11. The molecule has 0 bridgehead atoms. The van der Waals surface area contributed by atoms with Crippen LogP contribution in [0.2, 0.25) is 0 Å². The number of aliphatic hydroxyl groups excluding tert-OH is 1. The van der Waals surface area contributed by atoms with E-state index in [1.807, 2.05) is 47.0 Å². The van der Waals surface area contributed by atoms with Crippen molar-refractivity contribution in [3.63, 3.8) is 0 Å². The summed E-state index contributed by atoms with van der Waals surface area (Å²) in [5.41, 5.74) is 3.62. The molecule has 3 N–H and O–H groups in total. The molecule has 0 fully saturated rings. The van der Waals surface area contributed by atoms with Crippen molar-refractivity contribution in [1.82, 2.24) is 19.7 Å². The minimum absolute atomic E-state index is 0.0429. The van der Waals surface area contributed by atoms with Gasteiger partial charge in [0.2, 0.25) is 5.95 Å². The first kappa shape index (κ1) is 22.1. The van der Waals surface area contributed by atoms with Gasteiger partial charge in [-0.1, -0.05) is 0 Å². The van der Waals surface area contributed by atoms with Gasteiger partial charge in [0.15, 0.2) is 11.5 Å². The van der Waals surface area contributed by atoms with Gasteiger partial charge in [0.1, 0.15) is 5.65 Å². The fraction of sp³-hybridized carbons (Fsp3) is 0.208. The number of fused-ring (bicyclic) bond motifs is 1.